The second kappa shape index (κ2) is 13.1. The topological polar surface area (TPSA) is 114 Å². The standard InChI is InChI=1S/C27H30N2O7/c1-34-25-16-19(6-10-23(25)32)4-8-21(30)18-22(31)9-5-20-7-11-24(26(17-20)35-2)36-27(33)29-14-3-12-28-13-15-29/h4-11,16-17,28,32H,3,12-15,18H2,1-2H3/b8-4+,9-5+. The molecule has 0 unspecified atom stereocenters. The first-order valence-electron chi connectivity index (χ1n) is 11.5. The summed E-state index contributed by atoms with van der Waals surface area (Å²) in [6, 6.07) is 9.62. The van der Waals surface area contributed by atoms with E-state index in [4.69, 9.17) is 14.2 Å². The molecular weight excluding hydrogens is 464 g/mol. The Morgan fingerprint density at radius 1 is 0.889 bits per heavy atom. The second-order valence-electron chi connectivity index (χ2n) is 8.08. The predicted molar refractivity (Wildman–Crippen MR) is 135 cm³/mol. The molecule has 0 atom stereocenters. The van der Waals surface area contributed by atoms with E-state index < -0.39 is 6.09 Å². The molecule has 0 aliphatic carbocycles. The quantitative estimate of drug-likeness (QED) is 0.402. The molecule has 0 radical (unpaired) electrons. The molecule has 2 N–H and O–H groups in total. The van der Waals surface area contributed by atoms with Crippen LogP contribution in [0.3, 0.4) is 0 Å². The van der Waals surface area contributed by atoms with Gasteiger partial charge in [0.15, 0.2) is 34.6 Å². The van der Waals surface area contributed by atoms with Crippen molar-refractivity contribution in [3.63, 3.8) is 0 Å². The van der Waals surface area contributed by atoms with Gasteiger partial charge in [0, 0.05) is 19.6 Å². The molecule has 0 saturated carbocycles. The average molecular weight is 495 g/mol. The number of hydrogen-bond acceptors (Lipinski definition) is 8. The van der Waals surface area contributed by atoms with Gasteiger partial charge in [0.1, 0.15) is 0 Å². The van der Waals surface area contributed by atoms with Crippen LogP contribution in [0, 0.1) is 0 Å². The number of ketones is 2. The van der Waals surface area contributed by atoms with E-state index in [-0.39, 0.29) is 29.5 Å². The molecule has 0 bridgehead atoms. The highest BCUT2D eigenvalue weighted by atomic mass is 16.6. The molecule has 1 aliphatic heterocycles. The number of carbonyl (C=O) groups is 3. The zero-order valence-corrected chi connectivity index (χ0v) is 20.4. The van der Waals surface area contributed by atoms with E-state index in [0.717, 1.165) is 13.0 Å². The van der Waals surface area contributed by atoms with Crippen molar-refractivity contribution in [1.29, 1.82) is 0 Å². The number of nitrogens with one attached hydrogen (secondary N) is 1. The zero-order chi connectivity index (χ0) is 25.9. The van der Waals surface area contributed by atoms with Crippen molar-refractivity contribution in [3.05, 3.63) is 59.7 Å². The largest absolute Gasteiger partial charge is 0.504 e. The van der Waals surface area contributed by atoms with Gasteiger partial charge in [0.2, 0.25) is 0 Å². The summed E-state index contributed by atoms with van der Waals surface area (Å²) in [6.07, 6.45) is 5.87. The lowest BCUT2D eigenvalue weighted by atomic mass is 10.1. The minimum atomic E-state index is -0.437. The monoisotopic (exact) mass is 494 g/mol. The van der Waals surface area contributed by atoms with Crippen LogP contribution in [0.4, 0.5) is 4.79 Å². The molecule has 36 heavy (non-hydrogen) atoms. The van der Waals surface area contributed by atoms with Crippen molar-refractivity contribution in [2.45, 2.75) is 12.8 Å². The smallest absolute Gasteiger partial charge is 0.415 e. The zero-order valence-electron chi connectivity index (χ0n) is 20.4. The van der Waals surface area contributed by atoms with Crippen LogP contribution in [0.15, 0.2) is 48.6 Å². The molecule has 9 nitrogen and oxygen atoms in total. The highest BCUT2D eigenvalue weighted by Gasteiger charge is 2.19. The number of hydrogen-bond donors (Lipinski definition) is 2. The number of rotatable bonds is 9. The van der Waals surface area contributed by atoms with E-state index >= 15 is 0 Å². The fraction of sp³-hybridized carbons (Fsp3) is 0.296. The highest BCUT2D eigenvalue weighted by molar-refractivity contribution is 6.10. The summed E-state index contributed by atoms with van der Waals surface area (Å²) < 4.78 is 15.9. The van der Waals surface area contributed by atoms with Crippen LogP contribution in [-0.2, 0) is 9.59 Å². The number of carbonyl (C=O) groups excluding carboxylic acids is 3. The van der Waals surface area contributed by atoms with Gasteiger partial charge in [-0.25, -0.2) is 4.79 Å². The van der Waals surface area contributed by atoms with Gasteiger partial charge in [-0.3, -0.25) is 9.59 Å². The van der Waals surface area contributed by atoms with E-state index in [9.17, 15) is 19.5 Å². The lowest BCUT2D eigenvalue weighted by Gasteiger charge is -2.20. The minimum absolute atomic E-state index is 0.000856. The van der Waals surface area contributed by atoms with Crippen molar-refractivity contribution in [3.8, 4) is 23.0 Å². The van der Waals surface area contributed by atoms with Crippen molar-refractivity contribution in [1.82, 2.24) is 10.2 Å². The molecule has 1 fully saturated rings. The van der Waals surface area contributed by atoms with Crippen molar-refractivity contribution >= 4 is 29.8 Å². The van der Waals surface area contributed by atoms with Crippen LogP contribution >= 0.6 is 0 Å². The number of phenols is 1. The Balaban J connectivity index is 1.57. The first-order valence-corrected chi connectivity index (χ1v) is 11.5. The average Bonchev–Trinajstić information content (AvgIpc) is 3.17. The molecule has 0 spiro atoms. The molecule has 1 aliphatic rings. The molecule has 1 heterocycles. The van der Waals surface area contributed by atoms with Crippen molar-refractivity contribution in [2.75, 3.05) is 40.4 Å². The Hall–Kier alpha value is -4.11. The van der Waals surface area contributed by atoms with E-state index in [0.29, 0.717) is 42.3 Å². The Bertz CT molecular complexity index is 1150. The van der Waals surface area contributed by atoms with Crippen molar-refractivity contribution < 1.29 is 33.7 Å². The minimum Gasteiger partial charge on any atom is -0.504 e. The Labute approximate surface area is 210 Å². The number of benzene rings is 2. The number of nitrogens with zero attached hydrogens (tertiary/aromatic N) is 1. The summed E-state index contributed by atoms with van der Waals surface area (Å²) in [4.78, 5) is 38.5. The molecule has 1 saturated heterocycles. The maximum absolute atomic E-state index is 12.5. The number of aromatic hydroxyl groups is 1. The van der Waals surface area contributed by atoms with Gasteiger partial charge in [-0.15, -0.1) is 0 Å². The maximum Gasteiger partial charge on any atom is 0.415 e. The molecule has 3 rings (SSSR count). The highest BCUT2D eigenvalue weighted by Crippen LogP contribution is 2.29. The first-order chi connectivity index (χ1) is 17.4. The number of amides is 1. The molecule has 2 aromatic carbocycles. The fourth-order valence-electron chi connectivity index (χ4n) is 3.52. The summed E-state index contributed by atoms with van der Waals surface area (Å²) in [5, 5.41) is 12.9. The summed E-state index contributed by atoms with van der Waals surface area (Å²) in [5.41, 5.74) is 1.31. The lowest BCUT2D eigenvalue weighted by molar-refractivity contribution is -0.121. The lowest BCUT2D eigenvalue weighted by Crippen LogP contribution is -2.36. The molecule has 1 amide bonds. The Kier molecular flexibility index (Phi) is 9.64. The predicted octanol–water partition coefficient (Wildman–Crippen LogP) is 3.46. The molecule has 2 aromatic rings. The van der Waals surface area contributed by atoms with E-state index in [1.165, 1.54) is 32.4 Å². The van der Waals surface area contributed by atoms with Crippen LogP contribution in [0.5, 0.6) is 23.0 Å². The van der Waals surface area contributed by atoms with Gasteiger partial charge in [0.05, 0.1) is 20.6 Å². The summed E-state index contributed by atoms with van der Waals surface area (Å²) >= 11 is 0. The van der Waals surface area contributed by atoms with Gasteiger partial charge in [0.25, 0.3) is 0 Å². The third-order valence-corrected chi connectivity index (χ3v) is 5.46. The third kappa shape index (κ3) is 7.71. The molecule has 190 valence electrons. The fourth-order valence-corrected chi connectivity index (χ4v) is 3.52. The number of methoxy groups -OCH3 is 2. The maximum atomic E-state index is 12.5. The molecular formula is C27H30N2O7. The summed E-state index contributed by atoms with van der Waals surface area (Å²) in [5.74, 6) is 0.208. The van der Waals surface area contributed by atoms with Crippen molar-refractivity contribution in [2.24, 2.45) is 0 Å². The molecule has 0 aromatic heterocycles. The van der Waals surface area contributed by atoms with Gasteiger partial charge >= 0.3 is 6.09 Å². The normalized spacial score (nSPS) is 14.0. The van der Waals surface area contributed by atoms with Crippen LogP contribution in [0.25, 0.3) is 12.2 Å². The van der Waals surface area contributed by atoms with Crippen LogP contribution in [0.1, 0.15) is 24.0 Å². The van der Waals surface area contributed by atoms with Gasteiger partial charge in [-0.05, 0) is 60.5 Å². The second-order valence-corrected chi connectivity index (χ2v) is 8.08. The van der Waals surface area contributed by atoms with Gasteiger partial charge < -0.3 is 29.5 Å². The third-order valence-electron chi connectivity index (χ3n) is 5.46. The first kappa shape index (κ1) is 26.5. The number of ether oxygens (including phenoxy) is 3. The number of allylic oxidation sites excluding steroid dienone is 2. The van der Waals surface area contributed by atoms with Gasteiger partial charge in [-0.1, -0.05) is 24.3 Å². The summed E-state index contributed by atoms with van der Waals surface area (Å²) in [7, 11) is 2.90. The van der Waals surface area contributed by atoms with Gasteiger partial charge in [-0.2, -0.15) is 0 Å². The SMILES string of the molecule is COc1cc(/C=C/C(=O)CC(=O)/C=C/c2ccc(OC(=O)N3CCCNCC3)c(OC)c2)ccc1O. The van der Waals surface area contributed by atoms with E-state index in [2.05, 4.69) is 5.32 Å². The van der Waals surface area contributed by atoms with Crippen LogP contribution in [0.2, 0.25) is 0 Å². The number of phenolic OH excluding ortho intramolecular Hbond substituents is 1. The van der Waals surface area contributed by atoms with Crippen LogP contribution < -0.4 is 19.5 Å². The van der Waals surface area contributed by atoms with Crippen LogP contribution in [-0.4, -0.2) is 68.1 Å². The Morgan fingerprint density at radius 3 is 2.19 bits per heavy atom. The summed E-state index contributed by atoms with van der Waals surface area (Å²) in [6.45, 7) is 2.77. The molecule has 9 heteroatoms. The Morgan fingerprint density at radius 2 is 1.53 bits per heavy atom. The van der Waals surface area contributed by atoms with E-state index in [1.807, 2.05) is 0 Å². The van der Waals surface area contributed by atoms with E-state index in [1.54, 1.807) is 47.4 Å².